The van der Waals surface area contributed by atoms with Gasteiger partial charge in [0.2, 0.25) is 0 Å². The molecular weight excluding hydrogens is 360 g/mol. The van der Waals surface area contributed by atoms with Crippen LogP contribution in [-0.4, -0.2) is 16.7 Å². The molecule has 1 aromatic heterocycles. The van der Waals surface area contributed by atoms with Crippen LogP contribution in [0.5, 0.6) is 11.5 Å². The second-order valence-corrected chi connectivity index (χ2v) is 7.42. The van der Waals surface area contributed by atoms with E-state index in [1.165, 1.54) is 22.3 Å². The van der Waals surface area contributed by atoms with Crippen LogP contribution in [0.1, 0.15) is 28.1 Å². The lowest BCUT2D eigenvalue weighted by Gasteiger charge is -2.16. The fourth-order valence-electron chi connectivity index (χ4n) is 3.91. The fraction of sp³-hybridized carbons (Fsp3) is 0.240. The molecule has 0 atom stereocenters. The number of ether oxygens (including phenoxy) is 2. The van der Waals surface area contributed by atoms with Crippen molar-refractivity contribution in [3.8, 4) is 11.5 Å². The van der Waals surface area contributed by atoms with Crippen LogP contribution >= 0.6 is 0 Å². The molecule has 0 saturated heterocycles. The van der Waals surface area contributed by atoms with Gasteiger partial charge >= 0.3 is 0 Å². The van der Waals surface area contributed by atoms with Gasteiger partial charge in [0.1, 0.15) is 12.4 Å². The van der Waals surface area contributed by atoms with Gasteiger partial charge in [-0.05, 0) is 61.7 Å². The third kappa shape index (κ3) is 3.83. The van der Waals surface area contributed by atoms with E-state index in [0.29, 0.717) is 6.61 Å². The second-order valence-electron chi connectivity index (χ2n) is 7.42. The normalized spacial score (nSPS) is 11.0. The van der Waals surface area contributed by atoms with E-state index in [9.17, 15) is 0 Å². The molecular formula is C25H26N2O2. The lowest BCUT2D eigenvalue weighted by molar-refractivity contribution is 0.273. The number of methoxy groups -OCH3 is 1. The summed E-state index contributed by atoms with van der Waals surface area (Å²) in [4.78, 5) is 4.85. The fourth-order valence-corrected chi connectivity index (χ4v) is 3.91. The lowest BCUT2D eigenvalue weighted by Crippen LogP contribution is -2.10. The Bertz CT molecular complexity index is 1140. The molecule has 0 spiro atoms. The number of para-hydroxylation sites is 4. The highest BCUT2D eigenvalue weighted by molar-refractivity contribution is 5.76. The molecule has 3 aromatic carbocycles. The maximum absolute atomic E-state index is 6.09. The van der Waals surface area contributed by atoms with Gasteiger partial charge < -0.3 is 14.0 Å². The number of aryl methyl sites for hydroxylation is 3. The van der Waals surface area contributed by atoms with Crippen molar-refractivity contribution in [3.63, 3.8) is 0 Å². The van der Waals surface area contributed by atoms with E-state index in [1.807, 2.05) is 36.4 Å². The van der Waals surface area contributed by atoms with Crippen LogP contribution < -0.4 is 9.47 Å². The topological polar surface area (TPSA) is 36.3 Å². The molecule has 0 unspecified atom stereocenters. The minimum atomic E-state index is 0.374. The molecule has 0 bridgehead atoms. The SMILES string of the molecule is COc1ccccc1OCc1nc2ccccc2n1Cc1c(C)cc(C)cc1C. The summed E-state index contributed by atoms with van der Waals surface area (Å²) in [5.41, 5.74) is 7.32. The quantitative estimate of drug-likeness (QED) is 0.433. The Morgan fingerprint density at radius 1 is 0.862 bits per heavy atom. The number of hydrogen-bond donors (Lipinski definition) is 0. The minimum Gasteiger partial charge on any atom is -0.493 e. The Balaban J connectivity index is 1.72. The molecule has 0 fully saturated rings. The zero-order valence-electron chi connectivity index (χ0n) is 17.4. The minimum absolute atomic E-state index is 0.374. The number of nitrogens with zero attached hydrogens (tertiary/aromatic N) is 2. The number of fused-ring (bicyclic) bond motifs is 1. The van der Waals surface area contributed by atoms with E-state index >= 15 is 0 Å². The van der Waals surface area contributed by atoms with Crippen molar-refractivity contribution in [2.45, 2.75) is 33.9 Å². The van der Waals surface area contributed by atoms with E-state index in [2.05, 4.69) is 49.6 Å². The van der Waals surface area contributed by atoms with E-state index in [1.54, 1.807) is 7.11 Å². The average molecular weight is 386 g/mol. The van der Waals surface area contributed by atoms with E-state index in [-0.39, 0.29) is 0 Å². The molecule has 4 aromatic rings. The van der Waals surface area contributed by atoms with E-state index in [4.69, 9.17) is 14.5 Å². The molecule has 29 heavy (non-hydrogen) atoms. The summed E-state index contributed by atoms with van der Waals surface area (Å²) in [7, 11) is 1.65. The first-order valence-electron chi connectivity index (χ1n) is 9.83. The van der Waals surface area contributed by atoms with Gasteiger partial charge in [-0.1, -0.05) is 42.0 Å². The number of benzene rings is 3. The standard InChI is InChI=1S/C25H26N2O2/c1-17-13-18(2)20(19(3)14-17)15-27-22-10-6-5-9-21(22)26-25(27)16-29-24-12-8-7-11-23(24)28-4/h5-14H,15-16H2,1-4H3. The van der Waals surface area contributed by atoms with Crippen LogP contribution in [0, 0.1) is 20.8 Å². The van der Waals surface area contributed by atoms with Gasteiger partial charge in [0.05, 0.1) is 18.1 Å². The predicted molar refractivity (Wildman–Crippen MR) is 117 cm³/mol. The van der Waals surface area contributed by atoms with Gasteiger partial charge in [0, 0.05) is 6.54 Å². The van der Waals surface area contributed by atoms with Gasteiger partial charge in [0.15, 0.2) is 11.5 Å². The van der Waals surface area contributed by atoms with Crippen molar-refractivity contribution in [3.05, 3.63) is 88.7 Å². The van der Waals surface area contributed by atoms with Crippen molar-refractivity contribution < 1.29 is 9.47 Å². The molecule has 0 N–H and O–H groups in total. The summed E-state index contributed by atoms with van der Waals surface area (Å²) in [6.07, 6.45) is 0. The molecule has 0 aliphatic heterocycles. The highest BCUT2D eigenvalue weighted by Crippen LogP contribution is 2.28. The van der Waals surface area contributed by atoms with E-state index in [0.717, 1.165) is 34.9 Å². The average Bonchev–Trinajstić information content (AvgIpc) is 3.06. The van der Waals surface area contributed by atoms with Crippen LogP contribution in [0.15, 0.2) is 60.7 Å². The summed E-state index contributed by atoms with van der Waals surface area (Å²) in [6, 6.07) is 20.4. The van der Waals surface area contributed by atoms with Gasteiger partial charge in [-0.25, -0.2) is 4.98 Å². The van der Waals surface area contributed by atoms with Crippen LogP contribution in [0.4, 0.5) is 0 Å². The third-order valence-electron chi connectivity index (χ3n) is 5.32. The summed E-state index contributed by atoms with van der Waals surface area (Å²) in [5.74, 6) is 2.34. The molecule has 0 radical (unpaired) electrons. The molecule has 148 valence electrons. The molecule has 4 heteroatoms. The van der Waals surface area contributed by atoms with Crippen molar-refractivity contribution in [2.24, 2.45) is 0 Å². The highest BCUT2D eigenvalue weighted by atomic mass is 16.5. The molecule has 0 saturated carbocycles. The summed E-state index contributed by atoms with van der Waals surface area (Å²) >= 11 is 0. The Morgan fingerprint density at radius 3 is 2.24 bits per heavy atom. The van der Waals surface area contributed by atoms with E-state index < -0.39 is 0 Å². The first kappa shape index (κ1) is 19.1. The van der Waals surface area contributed by atoms with Crippen molar-refractivity contribution in [1.29, 1.82) is 0 Å². The van der Waals surface area contributed by atoms with Gasteiger partial charge in [0.25, 0.3) is 0 Å². The maximum Gasteiger partial charge on any atom is 0.161 e. The summed E-state index contributed by atoms with van der Waals surface area (Å²) < 4.78 is 13.8. The molecule has 0 amide bonds. The molecule has 1 heterocycles. The van der Waals surface area contributed by atoms with Crippen LogP contribution in [0.3, 0.4) is 0 Å². The number of aromatic nitrogens is 2. The van der Waals surface area contributed by atoms with Gasteiger partial charge in [-0.2, -0.15) is 0 Å². The summed E-state index contributed by atoms with van der Waals surface area (Å²) in [6.45, 7) is 7.64. The van der Waals surface area contributed by atoms with Crippen molar-refractivity contribution in [1.82, 2.24) is 9.55 Å². The number of imidazole rings is 1. The first-order valence-corrected chi connectivity index (χ1v) is 9.83. The Hall–Kier alpha value is -3.27. The van der Waals surface area contributed by atoms with Crippen molar-refractivity contribution >= 4 is 11.0 Å². The molecule has 0 aliphatic carbocycles. The Kier molecular flexibility index (Phi) is 5.26. The second kappa shape index (κ2) is 8.00. The molecule has 4 rings (SSSR count). The lowest BCUT2D eigenvalue weighted by atomic mass is 10.00. The zero-order valence-corrected chi connectivity index (χ0v) is 17.4. The zero-order chi connectivity index (χ0) is 20.4. The first-order chi connectivity index (χ1) is 14.1. The van der Waals surface area contributed by atoms with Crippen LogP contribution in [0.25, 0.3) is 11.0 Å². The van der Waals surface area contributed by atoms with Gasteiger partial charge in [-0.3, -0.25) is 0 Å². The third-order valence-corrected chi connectivity index (χ3v) is 5.32. The van der Waals surface area contributed by atoms with Gasteiger partial charge in [-0.15, -0.1) is 0 Å². The molecule has 4 nitrogen and oxygen atoms in total. The highest BCUT2D eigenvalue weighted by Gasteiger charge is 2.15. The number of hydrogen-bond acceptors (Lipinski definition) is 3. The van der Waals surface area contributed by atoms with Crippen molar-refractivity contribution in [2.75, 3.05) is 7.11 Å². The summed E-state index contributed by atoms with van der Waals surface area (Å²) in [5, 5.41) is 0. The Morgan fingerprint density at radius 2 is 1.52 bits per heavy atom. The Labute approximate surface area is 171 Å². The molecule has 0 aliphatic rings. The number of rotatable bonds is 6. The largest absolute Gasteiger partial charge is 0.493 e. The smallest absolute Gasteiger partial charge is 0.161 e. The van der Waals surface area contributed by atoms with Crippen LogP contribution in [-0.2, 0) is 13.2 Å². The predicted octanol–water partition coefficient (Wildman–Crippen LogP) is 5.60. The monoisotopic (exact) mass is 386 g/mol. The van der Waals surface area contributed by atoms with Crippen LogP contribution in [0.2, 0.25) is 0 Å². The maximum atomic E-state index is 6.09.